The van der Waals surface area contributed by atoms with Crippen LogP contribution < -0.4 is 0 Å². The number of carbonyl (C=O) groups excluding carboxylic acids is 1. The van der Waals surface area contributed by atoms with E-state index in [0.717, 1.165) is 43.4 Å². The van der Waals surface area contributed by atoms with Crippen molar-refractivity contribution < 1.29 is 14.6 Å². The third-order valence-corrected chi connectivity index (χ3v) is 6.60. The van der Waals surface area contributed by atoms with Crippen molar-refractivity contribution in [1.29, 1.82) is 0 Å². The molecule has 0 saturated heterocycles. The van der Waals surface area contributed by atoms with Gasteiger partial charge in [0.1, 0.15) is 6.61 Å². The van der Waals surface area contributed by atoms with E-state index in [1.54, 1.807) is 0 Å². The lowest BCUT2D eigenvalue weighted by molar-refractivity contribution is -0.169. The minimum absolute atomic E-state index is 0.0470. The largest absolute Gasteiger partial charge is 0.463 e. The summed E-state index contributed by atoms with van der Waals surface area (Å²) < 4.78 is 5.46. The van der Waals surface area contributed by atoms with Gasteiger partial charge in [0.25, 0.3) is 0 Å². The summed E-state index contributed by atoms with van der Waals surface area (Å²) in [6.07, 6.45) is 7.85. The van der Waals surface area contributed by atoms with Crippen LogP contribution in [0, 0.1) is 28.6 Å². The topological polar surface area (TPSA) is 46.5 Å². The highest BCUT2D eigenvalue weighted by Gasteiger charge is 2.54. The fourth-order valence-corrected chi connectivity index (χ4v) is 5.26. The molecule has 4 bridgehead atoms. The van der Waals surface area contributed by atoms with Crippen LogP contribution in [0.25, 0.3) is 0 Å². The Bertz CT molecular complexity index is 377. The molecule has 4 rings (SSSR count). The summed E-state index contributed by atoms with van der Waals surface area (Å²) in [7, 11) is 0. The maximum Gasteiger partial charge on any atom is 0.311 e. The molecule has 1 atom stereocenters. The summed E-state index contributed by atoms with van der Waals surface area (Å²) >= 11 is 0. The molecule has 21 heavy (non-hydrogen) atoms. The standard InChI is InChI=1S/C18H30O3/c1-4-17(2,3)16(20)21-11-15(19)18-8-12-5-13(9-18)7-14(6-12)10-18/h12-15,19H,4-11H2,1-3H3. The number of esters is 1. The summed E-state index contributed by atoms with van der Waals surface area (Å²) in [5, 5.41) is 10.7. The SMILES string of the molecule is CCC(C)(C)C(=O)OCC(O)C12CC3CC(CC(C3)C1)C2. The molecule has 3 nitrogen and oxygen atoms in total. The van der Waals surface area contributed by atoms with Gasteiger partial charge in [-0.25, -0.2) is 0 Å². The van der Waals surface area contributed by atoms with Crippen molar-refractivity contribution in [3.8, 4) is 0 Å². The summed E-state index contributed by atoms with van der Waals surface area (Å²) in [5.74, 6) is 2.27. The summed E-state index contributed by atoms with van der Waals surface area (Å²) in [5.41, 5.74) is -0.396. The van der Waals surface area contributed by atoms with Crippen LogP contribution in [0.15, 0.2) is 0 Å². The predicted molar refractivity (Wildman–Crippen MR) is 81.6 cm³/mol. The van der Waals surface area contributed by atoms with Gasteiger partial charge in [0, 0.05) is 5.41 Å². The van der Waals surface area contributed by atoms with Crippen molar-refractivity contribution in [3.05, 3.63) is 0 Å². The molecule has 120 valence electrons. The second kappa shape index (κ2) is 5.26. The molecule has 4 aliphatic rings. The predicted octanol–water partition coefficient (Wildman–Crippen LogP) is 3.54. The average molecular weight is 294 g/mol. The van der Waals surface area contributed by atoms with Gasteiger partial charge in [0.2, 0.25) is 0 Å². The quantitative estimate of drug-likeness (QED) is 0.789. The van der Waals surface area contributed by atoms with Gasteiger partial charge in [-0.1, -0.05) is 6.92 Å². The van der Waals surface area contributed by atoms with E-state index in [0.29, 0.717) is 0 Å². The van der Waals surface area contributed by atoms with Gasteiger partial charge in [0.05, 0.1) is 11.5 Å². The van der Waals surface area contributed by atoms with Crippen LogP contribution >= 0.6 is 0 Å². The first-order valence-electron chi connectivity index (χ1n) is 8.70. The Morgan fingerprint density at radius 2 is 1.67 bits per heavy atom. The van der Waals surface area contributed by atoms with Gasteiger partial charge < -0.3 is 9.84 Å². The number of aliphatic hydroxyl groups excluding tert-OH is 1. The Labute approximate surface area is 128 Å². The van der Waals surface area contributed by atoms with Crippen molar-refractivity contribution in [2.24, 2.45) is 28.6 Å². The van der Waals surface area contributed by atoms with Gasteiger partial charge in [-0.3, -0.25) is 4.79 Å². The first-order chi connectivity index (χ1) is 9.84. The number of hydrogen-bond donors (Lipinski definition) is 1. The van der Waals surface area contributed by atoms with Crippen LogP contribution in [0.1, 0.15) is 65.7 Å². The van der Waals surface area contributed by atoms with Crippen molar-refractivity contribution in [2.75, 3.05) is 6.61 Å². The zero-order valence-electron chi connectivity index (χ0n) is 13.7. The van der Waals surface area contributed by atoms with Crippen molar-refractivity contribution in [2.45, 2.75) is 71.8 Å². The van der Waals surface area contributed by atoms with Crippen molar-refractivity contribution in [3.63, 3.8) is 0 Å². The number of aliphatic hydroxyl groups is 1. The van der Waals surface area contributed by atoms with E-state index in [1.807, 2.05) is 20.8 Å². The third-order valence-electron chi connectivity index (χ3n) is 6.60. The second-order valence-corrected chi connectivity index (χ2v) is 8.63. The van der Waals surface area contributed by atoms with Gasteiger partial charge in [-0.15, -0.1) is 0 Å². The molecule has 0 aromatic heterocycles. The van der Waals surface area contributed by atoms with E-state index in [9.17, 15) is 9.90 Å². The highest BCUT2D eigenvalue weighted by atomic mass is 16.5. The van der Waals surface area contributed by atoms with Crippen LogP contribution in [0.5, 0.6) is 0 Å². The highest BCUT2D eigenvalue weighted by Crippen LogP contribution is 2.61. The lowest BCUT2D eigenvalue weighted by Crippen LogP contribution is -2.53. The van der Waals surface area contributed by atoms with Crippen LogP contribution in [0.4, 0.5) is 0 Å². The van der Waals surface area contributed by atoms with E-state index in [-0.39, 0.29) is 18.0 Å². The fourth-order valence-electron chi connectivity index (χ4n) is 5.26. The Kier molecular flexibility index (Phi) is 3.84. The molecule has 4 fully saturated rings. The molecule has 0 amide bonds. The molecule has 0 spiro atoms. The lowest BCUT2D eigenvalue weighted by atomic mass is 9.48. The van der Waals surface area contributed by atoms with E-state index >= 15 is 0 Å². The molecule has 4 aliphatic carbocycles. The normalized spacial score (nSPS) is 39.3. The molecule has 0 aliphatic heterocycles. The lowest BCUT2D eigenvalue weighted by Gasteiger charge is -2.58. The van der Waals surface area contributed by atoms with Gasteiger partial charge >= 0.3 is 5.97 Å². The van der Waals surface area contributed by atoms with E-state index in [2.05, 4.69) is 0 Å². The first kappa shape index (κ1) is 15.3. The molecule has 0 heterocycles. The summed E-state index contributed by atoms with van der Waals surface area (Å²) in [6, 6.07) is 0. The zero-order chi connectivity index (χ0) is 15.3. The molecular formula is C18H30O3. The number of ether oxygens (including phenoxy) is 1. The summed E-state index contributed by atoms with van der Waals surface area (Å²) in [4.78, 5) is 12.1. The molecule has 4 saturated carbocycles. The van der Waals surface area contributed by atoms with E-state index in [1.165, 1.54) is 19.3 Å². The molecule has 0 aromatic rings. The van der Waals surface area contributed by atoms with E-state index in [4.69, 9.17) is 4.74 Å². The monoisotopic (exact) mass is 294 g/mol. The molecule has 0 aromatic carbocycles. The number of hydrogen-bond acceptors (Lipinski definition) is 3. The number of carbonyl (C=O) groups is 1. The Hall–Kier alpha value is -0.570. The van der Waals surface area contributed by atoms with Crippen LogP contribution in [-0.2, 0) is 9.53 Å². The third kappa shape index (κ3) is 2.74. The zero-order valence-corrected chi connectivity index (χ0v) is 13.7. The van der Waals surface area contributed by atoms with Gasteiger partial charge in [-0.2, -0.15) is 0 Å². The molecule has 1 N–H and O–H groups in total. The Morgan fingerprint density at radius 3 is 2.10 bits per heavy atom. The van der Waals surface area contributed by atoms with Crippen molar-refractivity contribution >= 4 is 5.97 Å². The second-order valence-electron chi connectivity index (χ2n) is 8.63. The van der Waals surface area contributed by atoms with Crippen LogP contribution in [-0.4, -0.2) is 23.8 Å². The molecule has 1 unspecified atom stereocenters. The molecule has 3 heteroatoms. The first-order valence-corrected chi connectivity index (χ1v) is 8.70. The average Bonchev–Trinajstić information content (AvgIpc) is 2.42. The van der Waals surface area contributed by atoms with Crippen LogP contribution in [0.3, 0.4) is 0 Å². The minimum Gasteiger partial charge on any atom is -0.463 e. The minimum atomic E-state index is -0.470. The molecule has 0 radical (unpaired) electrons. The molecular weight excluding hydrogens is 264 g/mol. The maximum absolute atomic E-state index is 12.1. The van der Waals surface area contributed by atoms with Crippen LogP contribution in [0.2, 0.25) is 0 Å². The fraction of sp³-hybridized carbons (Fsp3) is 0.944. The summed E-state index contributed by atoms with van der Waals surface area (Å²) in [6.45, 7) is 6.00. The van der Waals surface area contributed by atoms with Gasteiger partial charge in [-0.05, 0) is 76.5 Å². The van der Waals surface area contributed by atoms with Crippen molar-refractivity contribution in [1.82, 2.24) is 0 Å². The smallest absolute Gasteiger partial charge is 0.311 e. The van der Waals surface area contributed by atoms with E-state index < -0.39 is 11.5 Å². The maximum atomic E-state index is 12.1. The Balaban J connectivity index is 1.61. The number of rotatable bonds is 5. The van der Waals surface area contributed by atoms with Gasteiger partial charge in [0.15, 0.2) is 0 Å². The Morgan fingerprint density at radius 1 is 1.19 bits per heavy atom. The highest BCUT2D eigenvalue weighted by molar-refractivity contribution is 5.75.